The van der Waals surface area contributed by atoms with Gasteiger partial charge in [0.1, 0.15) is 5.75 Å². The Morgan fingerprint density at radius 2 is 1.89 bits per heavy atom. The van der Waals surface area contributed by atoms with Crippen LogP contribution in [0.15, 0.2) is 42.5 Å². The Hall–Kier alpha value is -2.55. The maximum Gasteiger partial charge on any atom is 0.573 e. The summed E-state index contributed by atoms with van der Waals surface area (Å²) in [7, 11) is -3.37. The van der Waals surface area contributed by atoms with Crippen molar-refractivity contribution in [3.8, 4) is 5.75 Å². The number of carbonyl (C=O) groups is 1. The number of nitrogens with one attached hydrogen (secondary N) is 1. The van der Waals surface area contributed by atoms with Crippen LogP contribution in [-0.2, 0) is 15.6 Å². The van der Waals surface area contributed by atoms with E-state index in [1.165, 1.54) is 19.1 Å². The molecule has 9 heteroatoms. The number of hydrogen-bond acceptors (Lipinski definition) is 4. The average Bonchev–Trinajstić information content (AvgIpc) is 2.54. The average molecular weight is 399 g/mol. The first-order chi connectivity index (χ1) is 12.5. The lowest BCUT2D eigenvalue weighted by atomic mass is 10.0. The van der Waals surface area contributed by atoms with Crippen molar-refractivity contribution < 1.29 is 31.1 Å². The van der Waals surface area contributed by atoms with E-state index in [0.29, 0.717) is 5.56 Å². The van der Waals surface area contributed by atoms with Crippen LogP contribution in [0.2, 0.25) is 0 Å². The quantitative estimate of drug-likeness (QED) is 0.860. The first-order valence-corrected chi connectivity index (χ1v) is 9.82. The van der Waals surface area contributed by atoms with Crippen molar-refractivity contribution in [2.75, 3.05) is 5.75 Å². The Morgan fingerprint density at radius 1 is 1.19 bits per heavy atom. The molecule has 0 spiro atoms. The van der Waals surface area contributed by atoms with Crippen molar-refractivity contribution in [2.45, 2.75) is 25.1 Å². The number of halogens is 3. The molecule has 0 aliphatic carbocycles. The van der Waals surface area contributed by atoms with Crippen molar-refractivity contribution in [3.63, 3.8) is 0 Å². The van der Waals surface area contributed by atoms with Gasteiger partial charge in [-0.3, -0.25) is 4.79 Å². The van der Waals surface area contributed by atoms with Gasteiger partial charge in [-0.05, 0) is 41.8 Å². The fraction of sp³-hybridized carbons (Fsp3) is 0.278. The highest BCUT2D eigenvalue weighted by Crippen LogP contribution is 2.29. The van der Waals surface area contributed by atoms with E-state index >= 15 is 0 Å². The van der Waals surface area contributed by atoms with E-state index < -0.39 is 33.9 Å². The lowest BCUT2D eigenvalue weighted by molar-refractivity contribution is -0.274. The number of rotatable bonds is 3. The summed E-state index contributed by atoms with van der Waals surface area (Å²) >= 11 is 0. The Balaban J connectivity index is 1.82. The molecule has 0 bridgehead atoms. The van der Waals surface area contributed by atoms with Gasteiger partial charge in [0.25, 0.3) is 5.91 Å². The Morgan fingerprint density at radius 3 is 2.56 bits per heavy atom. The molecule has 2 aromatic rings. The molecule has 1 aliphatic heterocycles. The van der Waals surface area contributed by atoms with Crippen molar-refractivity contribution in [2.24, 2.45) is 0 Å². The number of aryl methyl sites for hydroxylation is 1. The van der Waals surface area contributed by atoms with Crippen LogP contribution in [0.4, 0.5) is 13.2 Å². The summed E-state index contributed by atoms with van der Waals surface area (Å²) in [6, 6.07) is 9.72. The summed E-state index contributed by atoms with van der Waals surface area (Å²) in [6.45, 7) is 1.39. The smallest absolute Gasteiger partial charge is 0.406 e. The van der Waals surface area contributed by atoms with E-state index in [4.69, 9.17) is 0 Å². The number of hydrogen-bond donors (Lipinski definition) is 1. The van der Waals surface area contributed by atoms with E-state index in [9.17, 15) is 26.4 Å². The van der Waals surface area contributed by atoms with E-state index in [2.05, 4.69) is 10.1 Å². The van der Waals surface area contributed by atoms with Crippen LogP contribution in [0.1, 0.15) is 33.1 Å². The molecule has 1 unspecified atom stereocenters. The highest BCUT2D eigenvalue weighted by atomic mass is 32.2. The molecule has 0 saturated carbocycles. The number of carbonyl (C=O) groups excluding carboxylic acids is 1. The van der Waals surface area contributed by atoms with Crippen LogP contribution in [0.3, 0.4) is 0 Å². The molecule has 1 N–H and O–H groups in total. The lowest BCUT2D eigenvalue weighted by Crippen LogP contribution is -2.37. The second-order valence-corrected chi connectivity index (χ2v) is 8.42. The minimum absolute atomic E-state index is 0.0852. The molecular weight excluding hydrogens is 383 g/mol. The van der Waals surface area contributed by atoms with E-state index in [1.54, 1.807) is 24.3 Å². The summed E-state index contributed by atoms with van der Waals surface area (Å²) in [5, 5.41) is 2.66. The molecular formula is C18H16F3NO4S. The summed E-state index contributed by atoms with van der Waals surface area (Å²) in [5.41, 5.74) is 1.59. The SMILES string of the molecule is Cc1cc(C(=O)NC2CS(=O)(=O)Cc3ccccc32)ccc1OC(F)(F)F. The molecule has 1 aliphatic rings. The van der Waals surface area contributed by atoms with Gasteiger partial charge in [0.05, 0.1) is 17.5 Å². The maximum absolute atomic E-state index is 12.5. The fourth-order valence-electron chi connectivity index (χ4n) is 3.04. The van der Waals surface area contributed by atoms with Crippen LogP contribution in [0.25, 0.3) is 0 Å². The van der Waals surface area contributed by atoms with E-state index in [1.807, 2.05) is 0 Å². The third kappa shape index (κ3) is 4.60. The van der Waals surface area contributed by atoms with Gasteiger partial charge in [-0.15, -0.1) is 13.2 Å². The minimum atomic E-state index is -4.82. The first-order valence-electron chi connectivity index (χ1n) is 7.99. The largest absolute Gasteiger partial charge is 0.573 e. The Bertz CT molecular complexity index is 986. The molecule has 1 heterocycles. The molecule has 0 radical (unpaired) electrons. The first kappa shape index (κ1) is 19.2. The van der Waals surface area contributed by atoms with Gasteiger partial charge in [0.15, 0.2) is 9.84 Å². The molecule has 5 nitrogen and oxygen atoms in total. The Kier molecular flexibility index (Phi) is 4.90. The fourth-order valence-corrected chi connectivity index (χ4v) is 4.66. The second kappa shape index (κ2) is 6.88. The topological polar surface area (TPSA) is 72.5 Å². The Labute approximate surface area is 154 Å². The van der Waals surface area contributed by atoms with Crippen molar-refractivity contribution >= 4 is 15.7 Å². The number of fused-ring (bicyclic) bond motifs is 1. The van der Waals surface area contributed by atoms with Gasteiger partial charge in [-0.2, -0.15) is 0 Å². The van der Waals surface area contributed by atoms with Crippen molar-refractivity contribution in [1.82, 2.24) is 5.32 Å². The predicted molar refractivity (Wildman–Crippen MR) is 92.0 cm³/mol. The third-order valence-electron chi connectivity index (χ3n) is 4.19. The highest BCUT2D eigenvalue weighted by molar-refractivity contribution is 7.90. The zero-order valence-corrected chi connectivity index (χ0v) is 15.0. The molecule has 2 aromatic carbocycles. The third-order valence-corrected chi connectivity index (χ3v) is 5.79. The number of sulfone groups is 1. The van der Waals surface area contributed by atoms with Crippen LogP contribution in [0, 0.1) is 6.92 Å². The van der Waals surface area contributed by atoms with Gasteiger partial charge in [-0.25, -0.2) is 8.42 Å². The summed E-state index contributed by atoms with van der Waals surface area (Å²) in [6.07, 6.45) is -4.82. The maximum atomic E-state index is 12.5. The number of amides is 1. The monoisotopic (exact) mass is 399 g/mol. The molecule has 144 valence electrons. The van der Waals surface area contributed by atoms with Gasteiger partial charge in [-0.1, -0.05) is 24.3 Å². The second-order valence-electron chi connectivity index (χ2n) is 6.31. The van der Waals surface area contributed by atoms with Crippen LogP contribution >= 0.6 is 0 Å². The molecule has 0 saturated heterocycles. The van der Waals surface area contributed by atoms with Crippen molar-refractivity contribution in [1.29, 1.82) is 0 Å². The molecule has 3 rings (SSSR count). The van der Waals surface area contributed by atoms with Crippen LogP contribution in [0.5, 0.6) is 5.75 Å². The van der Waals surface area contributed by atoms with Gasteiger partial charge in [0, 0.05) is 5.56 Å². The molecule has 1 atom stereocenters. The van der Waals surface area contributed by atoms with E-state index in [0.717, 1.165) is 11.6 Å². The zero-order chi connectivity index (χ0) is 19.8. The number of alkyl halides is 3. The van der Waals surface area contributed by atoms with Crippen molar-refractivity contribution in [3.05, 3.63) is 64.7 Å². The zero-order valence-electron chi connectivity index (χ0n) is 14.2. The number of benzene rings is 2. The molecule has 0 fully saturated rings. The normalized spacial score (nSPS) is 18.4. The predicted octanol–water partition coefficient (Wildman–Crippen LogP) is 3.29. The summed E-state index contributed by atoms with van der Waals surface area (Å²) in [4.78, 5) is 12.5. The van der Waals surface area contributed by atoms with Gasteiger partial charge < -0.3 is 10.1 Å². The van der Waals surface area contributed by atoms with Gasteiger partial charge >= 0.3 is 6.36 Å². The number of ether oxygens (including phenoxy) is 1. The highest BCUT2D eigenvalue weighted by Gasteiger charge is 2.33. The molecule has 1 amide bonds. The van der Waals surface area contributed by atoms with Crippen LogP contribution < -0.4 is 10.1 Å². The molecule has 0 aromatic heterocycles. The lowest BCUT2D eigenvalue weighted by Gasteiger charge is -2.26. The van der Waals surface area contributed by atoms with Crippen LogP contribution in [-0.4, -0.2) is 26.4 Å². The molecule has 27 heavy (non-hydrogen) atoms. The summed E-state index contributed by atoms with van der Waals surface area (Å²) in [5.74, 6) is -1.29. The minimum Gasteiger partial charge on any atom is -0.406 e. The standard InChI is InChI=1S/C18H16F3NO4S/c1-11-8-12(6-7-16(11)26-18(19,20)21)17(23)22-15-10-27(24,25)9-13-4-2-3-5-14(13)15/h2-8,15H,9-10H2,1H3,(H,22,23). The van der Waals surface area contributed by atoms with E-state index in [-0.39, 0.29) is 22.6 Å². The van der Waals surface area contributed by atoms with Gasteiger partial charge in [0.2, 0.25) is 0 Å². The summed E-state index contributed by atoms with van der Waals surface area (Å²) < 4.78 is 65.1.